The second kappa shape index (κ2) is 2.91. The van der Waals surface area contributed by atoms with Gasteiger partial charge in [-0.15, -0.1) is 0 Å². The van der Waals surface area contributed by atoms with Crippen molar-refractivity contribution < 1.29 is 5.11 Å². The zero-order valence-corrected chi connectivity index (χ0v) is 7.33. The minimum atomic E-state index is -0.146. The molecule has 0 saturated carbocycles. The molecule has 0 aliphatic heterocycles. The molecule has 1 heteroatoms. The minimum absolute atomic E-state index is 0.146. The van der Waals surface area contributed by atoms with Gasteiger partial charge >= 0.3 is 0 Å². The van der Waals surface area contributed by atoms with Gasteiger partial charge in [-0.1, -0.05) is 31.2 Å². The van der Waals surface area contributed by atoms with Gasteiger partial charge in [-0.05, 0) is 24.0 Å². The maximum Gasteiger partial charge on any atom is 0.0649 e. The van der Waals surface area contributed by atoms with Gasteiger partial charge < -0.3 is 5.11 Å². The van der Waals surface area contributed by atoms with Crippen molar-refractivity contribution in [3.05, 3.63) is 35.4 Å². The van der Waals surface area contributed by atoms with Crippen LogP contribution in [0.15, 0.2) is 24.3 Å². The normalized spacial score (nSPS) is 27.2. The molecule has 1 N–H and O–H groups in total. The second-order valence-electron chi connectivity index (χ2n) is 3.49. The van der Waals surface area contributed by atoms with Crippen molar-refractivity contribution in [3.8, 4) is 0 Å². The average Bonchev–Trinajstić information content (AvgIpc) is 2.40. The van der Waals surface area contributed by atoms with Crippen molar-refractivity contribution in [2.24, 2.45) is 0 Å². The van der Waals surface area contributed by atoms with Gasteiger partial charge in [0.25, 0.3) is 0 Å². The number of fused-ring (bicyclic) bond motifs is 1. The fourth-order valence-corrected chi connectivity index (χ4v) is 2.15. The molecule has 0 fully saturated rings. The quantitative estimate of drug-likeness (QED) is 0.670. The lowest BCUT2D eigenvalue weighted by Gasteiger charge is -2.12. The SMILES string of the molecule is CCC1c2ccccc2CC1O. The van der Waals surface area contributed by atoms with Crippen molar-refractivity contribution >= 4 is 0 Å². The number of hydrogen-bond donors (Lipinski definition) is 1. The van der Waals surface area contributed by atoms with E-state index in [0.29, 0.717) is 5.92 Å². The van der Waals surface area contributed by atoms with Gasteiger partial charge in [0, 0.05) is 5.92 Å². The van der Waals surface area contributed by atoms with Gasteiger partial charge in [-0.25, -0.2) is 0 Å². The standard InChI is InChI=1S/C11H14O/c1-2-9-10-6-4-3-5-8(10)7-11(9)12/h3-6,9,11-12H,2,7H2,1H3. The fourth-order valence-electron chi connectivity index (χ4n) is 2.15. The molecule has 64 valence electrons. The molecule has 0 aromatic heterocycles. The summed E-state index contributed by atoms with van der Waals surface area (Å²) in [6.45, 7) is 2.13. The molecule has 1 aliphatic carbocycles. The highest BCUT2D eigenvalue weighted by molar-refractivity contribution is 5.36. The van der Waals surface area contributed by atoms with Crippen LogP contribution in [-0.2, 0) is 6.42 Å². The van der Waals surface area contributed by atoms with Gasteiger partial charge in [0.2, 0.25) is 0 Å². The van der Waals surface area contributed by atoms with E-state index in [1.54, 1.807) is 0 Å². The first-order chi connectivity index (χ1) is 5.83. The molecule has 0 spiro atoms. The van der Waals surface area contributed by atoms with Crippen LogP contribution in [0.3, 0.4) is 0 Å². The predicted molar refractivity (Wildman–Crippen MR) is 49.2 cm³/mol. The Kier molecular flexibility index (Phi) is 1.89. The molecule has 1 aliphatic rings. The first-order valence-corrected chi connectivity index (χ1v) is 4.58. The summed E-state index contributed by atoms with van der Waals surface area (Å²) < 4.78 is 0. The maximum absolute atomic E-state index is 9.71. The molecular weight excluding hydrogens is 148 g/mol. The Balaban J connectivity index is 2.40. The molecule has 1 aromatic rings. The minimum Gasteiger partial charge on any atom is -0.392 e. The Hall–Kier alpha value is -0.820. The molecule has 1 aromatic carbocycles. The zero-order chi connectivity index (χ0) is 8.55. The molecule has 0 amide bonds. The maximum atomic E-state index is 9.71. The molecule has 0 saturated heterocycles. The van der Waals surface area contributed by atoms with E-state index in [0.717, 1.165) is 12.8 Å². The smallest absolute Gasteiger partial charge is 0.0649 e. The average molecular weight is 162 g/mol. The molecule has 1 nitrogen and oxygen atoms in total. The third-order valence-corrected chi connectivity index (χ3v) is 2.79. The largest absolute Gasteiger partial charge is 0.392 e. The molecule has 2 atom stereocenters. The van der Waals surface area contributed by atoms with Crippen molar-refractivity contribution in [2.45, 2.75) is 31.8 Å². The van der Waals surface area contributed by atoms with Crippen LogP contribution < -0.4 is 0 Å². The molecule has 12 heavy (non-hydrogen) atoms. The van der Waals surface area contributed by atoms with Gasteiger partial charge in [0.1, 0.15) is 0 Å². The lowest BCUT2D eigenvalue weighted by Crippen LogP contribution is -2.11. The van der Waals surface area contributed by atoms with Crippen LogP contribution in [0.1, 0.15) is 30.4 Å². The summed E-state index contributed by atoms with van der Waals surface area (Å²) in [7, 11) is 0. The van der Waals surface area contributed by atoms with E-state index in [1.165, 1.54) is 11.1 Å². The third kappa shape index (κ3) is 1.05. The fraction of sp³-hybridized carbons (Fsp3) is 0.455. The third-order valence-electron chi connectivity index (χ3n) is 2.79. The van der Waals surface area contributed by atoms with Gasteiger partial charge in [0.15, 0.2) is 0 Å². The molecule has 2 unspecified atom stereocenters. The number of hydrogen-bond acceptors (Lipinski definition) is 1. The van der Waals surface area contributed by atoms with Crippen molar-refractivity contribution in [1.82, 2.24) is 0 Å². The lowest BCUT2D eigenvalue weighted by atomic mass is 9.97. The van der Waals surface area contributed by atoms with Crippen LogP contribution >= 0.6 is 0 Å². The summed E-state index contributed by atoms with van der Waals surface area (Å²) in [4.78, 5) is 0. The molecule has 0 bridgehead atoms. The van der Waals surface area contributed by atoms with Crippen LogP contribution in [0.25, 0.3) is 0 Å². The van der Waals surface area contributed by atoms with E-state index < -0.39 is 0 Å². The molecular formula is C11H14O. The Morgan fingerprint density at radius 2 is 2.17 bits per heavy atom. The van der Waals surface area contributed by atoms with Crippen molar-refractivity contribution in [3.63, 3.8) is 0 Å². The van der Waals surface area contributed by atoms with E-state index in [1.807, 2.05) is 6.07 Å². The monoisotopic (exact) mass is 162 g/mol. The molecule has 0 heterocycles. The van der Waals surface area contributed by atoms with Crippen LogP contribution in [0.4, 0.5) is 0 Å². The van der Waals surface area contributed by atoms with E-state index in [-0.39, 0.29) is 6.10 Å². The molecule has 0 radical (unpaired) electrons. The number of aliphatic hydroxyl groups is 1. The Labute approximate surface area is 73.0 Å². The number of benzene rings is 1. The highest BCUT2D eigenvalue weighted by Crippen LogP contribution is 2.34. The summed E-state index contributed by atoms with van der Waals surface area (Å²) in [6, 6.07) is 8.36. The van der Waals surface area contributed by atoms with Gasteiger partial charge in [-0.2, -0.15) is 0 Å². The van der Waals surface area contributed by atoms with Crippen LogP contribution in [0.2, 0.25) is 0 Å². The highest BCUT2D eigenvalue weighted by Gasteiger charge is 2.28. The number of rotatable bonds is 1. The van der Waals surface area contributed by atoms with Crippen molar-refractivity contribution in [2.75, 3.05) is 0 Å². The summed E-state index contributed by atoms with van der Waals surface area (Å²) in [5, 5.41) is 9.71. The predicted octanol–water partition coefficient (Wildman–Crippen LogP) is 2.10. The van der Waals surface area contributed by atoms with E-state index >= 15 is 0 Å². The van der Waals surface area contributed by atoms with E-state index in [9.17, 15) is 5.11 Å². The van der Waals surface area contributed by atoms with Gasteiger partial charge in [-0.3, -0.25) is 0 Å². The summed E-state index contributed by atoms with van der Waals surface area (Å²) >= 11 is 0. The number of aliphatic hydroxyl groups excluding tert-OH is 1. The van der Waals surface area contributed by atoms with Crippen LogP contribution in [-0.4, -0.2) is 11.2 Å². The highest BCUT2D eigenvalue weighted by atomic mass is 16.3. The summed E-state index contributed by atoms with van der Waals surface area (Å²) in [5.41, 5.74) is 2.68. The van der Waals surface area contributed by atoms with Crippen molar-refractivity contribution in [1.29, 1.82) is 0 Å². The lowest BCUT2D eigenvalue weighted by molar-refractivity contribution is 0.154. The van der Waals surface area contributed by atoms with Crippen LogP contribution in [0.5, 0.6) is 0 Å². The summed E-state index contributed by atoms with van der Waals surface area (Å²) in [6.07, 6.45) is 1.74. The Bertz CT molecular complexity index is 280. The topological polar surface area (TPSA) is 20.2 Å². The first kappa shape index (κ1) is 7.81. The van der Waals surface area contributed by atoms with E-state index in [4.69, 9.17) is 0 Å². The Morgan fingerprint density at radius 1 is 1.42 bits per heavy atom. The second-order valence-corrected chi connectivity index (χ2v) is 3.49. The first-order valence-electron chi connectivity index (χ1n) is 4.58. The van der Waals surface area contributed by atoms with E-state index in [2.05, 4.69) is 25.1 Å². The Morgan fingerprint density at radius 3 is 2.92 bits per heavy atom. The zero-order valence-electron chi connectivity index (χ0n) is 7.33. The van der Waals surface area contributed by atoms with Gasteiger partial charge in [0.05, 0.1) is 6.10 Å². The van der Waals surface area contributed by atoms with Crippen LogP contribution in [0, 0.1) is 0 Å². The molecule has 2 rings (SSSR count). The summed E-state index contributed by atoms with van der Waals surface area (Å²) in [5.74, 6) is 0.376.